The van der Waals surface area contributed by atoms with E-state index in [1.807, 2.05) is 30.3 Å². The molecule has 0 fully saturated rings. The van der Waals surface area contributed by atoms with Gasteiger partial charge in [-0.3, -0.25) is 4.79 Å². The zero-order chi connectivity index (χ0) is 19.6. The molecule has 2 atom stereocenters. The highest BCUT2D eigenvalue weighted by molar-refractivity contribution is 5.68. The van der Waals surface area contributed by atoms with Crippen LogP contribution in [0.2, 0.25) is 0 Å². The van der Waals surface area contributed by atoms with Gasteiger partial charge in [-0.05, 0) is 45.6 Å². The molecular weight excluding hydrogens is 334 g/mol. The van der Waals surface area contributed by atoms with Crippen molar-refractivity contribution >= 4 is 12.1 Å². The Morgan fingerprint density at radius 3 is 2.46 bits per heavy atom. The normalized spacial score (nSPS) is 14.0. The maximum absolute atomic E-state index is 12.1. The van der Waals surface area contributed by atoms with E-state index in [-0.39, 0.29) is 6.42 Å². The molecule has 0 saturated heterocycles. The molecule has 1 aromatic carbocycles. The first-order valence-electron chi connectivity index (χ1n) is 8.77. The zero-order valence-electron chi connectivity index (χ0n) is 15.6. The molecule has 0 aromatic heterocycles. The average Bonchev–Trinajstić information content (AvgIpc) is 2.52. The van der Waals surface area contributed by atoms with Crippen LogP contribution in [-0.2, 0) is 16.0 Å². The van der Waals surface area contributed by atoms with E-state index in [1.54, 1.807) is 32.9 Å². The Balaban J connectivity index is 2.70. The summed E-state index contributed by atoms with van der Waals surface area (Å²) >= 11 is 0. The first-order chi connectivity index (χ1) is 12.2. The average molecular weight is 363 g/mol. The number of hydrogen-bond donors (Lipinski definition) is 3. The highest BCUT2D eigenvalue weighted by Crippen LogP contribution is 2.11. The number of hydrogen-bond acceptors (Lipinski definition) is 4. The number of carbonyl (C=O) groups excluding carboxylic acids is 1. The smallest absolute Gasteiger partial charge is 0.407 e. The number of benzene rings is 1. The molecule has 6 nitrogen and oxygen atoms in total. The SMILES string of the molecule is CC(C)(C)OC(=O)N[C@@H](Cc1ccccc1)[C@@H](O)C=CCCCC(=O)O. The molecule has 1 rings (SSSR count). The summed E-state index contributed by atoms with van der Waals surface area (Å²) in [6.45, 7) is 5.33. The van der Waals surface area contributed by atoms with Gasteiger partial charge in [-0.1, -0.05) is 42.5 Å². The van der Waals surface area contributed by atoms with E-state index in [9.17, 15) is 14.7 Å². The van der Waals surface area contributed by atoms with Gasteiger partial charge in [0.15, 0.2) is 0 Å². The van der Waals surface area contributed by atoms with E-state index in [4.69, 9.17) is 9.84 Å². The molecule has 0 spiro atoms. The van der Waals surface area contributed by atoms with E-state index in [1.165, 1.54) is 0 Å². The molecule has 0 radical (unpaired) electrons. The number of amides is 1. The summed E-state index contributed by atoms with van der Waals surface area (Å²) in [5.41, 5.74) is 0.353. The first-order valence-corrected chi connectivity index (χ1v) is 8.77. The molecule has 6 heteroatoms. The Kier molecular flexibility index (Phi) is 8.85. The number of carbonyl (C=O) groups is 2. The number of alkyl carbamates (subject to hydrolysis) is 1. The summed E-state index contributed by atoms with van der Waals surface area (Å²) in [4.78, 5) is 22.6. The van der Waals surface area contributed by atoms with E-state index in [0.29, 0.717) is 19.3 Å². The van der Waals surface area contributed by atoms with Crippen LogP contribution in [0.4, 0.5) is 4.79 Å². The number of ether oxygens (including phenoxy) is 1. The van der Waals surface area contributed by atoms with Crippen molar-refractivity contribution in [3.63, 3.8) is 0 Å². The molecule has 0 bridgehead atoms. The van der Waals surface area contributed by atoms with Crippen molar-refractivity contribution in [1.82, 2.24) is 5.32 Å². The lowest BCUT2D eigenvalue weighted by molar-refractivity contribution is -0.137. The van der Waals surface area contributed by atoms with Gasteiger partial charge in [0.05, 0.1) is 12.1 Å². The molecule has 0 aliphatic rings. The van der Waals surface area contributed by atoms with E-state index in [2.05, 4.69) is 5.32 Å². The van der Waals surface area contributed by atoms with Gasteiger partial charge in [0.2, 0.25) is 0 Å². The largest absolute Gasteiger partial charge is 0.481 e. The third-order valence-electron chi connectivity index (χ3n) is 3.51. The van der Waals surface area contributed by atoms with Gasteiger partial charge in [-0.2, -0.15) is 0 Å². The number of nitrogens with one attached hydrogen (secondary N) is 1. The van der Waals surface area contributed by atoms with Gasteiger partial charge in [0.25, 0.3) is 0 Å². The maximum Gasteiger partial charge on any atom is 0.407 e. The molecule has 144 valence electrons. The molecule has 1 aromatic rings. The number of allylic oxidation sites excluding steroid dienone is 1. The van der Waals surface area contributed by atoms with Crippen molar-refractivity contribution in [1.29, 1.82) is 0 Å². The topological polar surface area (TPSA) is 95.9 Å². The summed E-state index contributed by atoms with van der Waals surface area (Å²) in [6.07, 6.45) is 3.42. The van der Waals surface area contributed by atoms with Gasteiger partial charge in [0, 0.05) is 6.42 Å². The summed E-state index contributed by atoms with van der Waals surface area (Å²) in [6, 6.07) is 8.99. The molecule has 0 aliphatic carbocycles. The second kappa shape index (κ2) is 10.6. The maximum atomic E-state index is 12.1. The second-order valence-corrected chi connectivity index (χ2v) is 7.15. The molecule has 0 heterocycles. The van der Waals surface area contributed by atoms with Crippen LogP contribution in [0.5, 0.6) is 0 Å². The van der Waals surface area contributed by atoms with Gasteiger partial charge in [-0.25, -0.2) is 4.79 Å². The Labute approximate surface area is 154 Å². The zero-order valence-corrected chi connectivity index (χ0v) is 15.6. The Hall–Kier alpha value is -2.34. The standard InChI is InChI=1S/C20H29NO5/c1-20(2,3)26-19(25)21-16(14-15-10-6-4-7-11-15)17(22)12-8-5-9-13-18(23)24/h4,6-8,10-12,16-17,22H,5,9,13-14H2,1-3H3,(H,21,25)(H,23,24)/t16-,17-/m0/s1. The fourth-order valence-electron chi connectivity index (χ4n) is 2.33. The van der Waals surface area contributed by atoms with Crippen molar-refractivity contribution in [2.24, 2.45) is 0 Å². The monoisotopic (exact) mass is 363 g/mol. The quantitative estimate of drug-likeness (QED) is 0.462. The van der Waals surface area contributed by atoms with Gasteiger partial charge in [0.1, 0.15) is 5.60 Å². The van der Waals surface area contributed by atoms with Crippen molar-refractivity contribution < 1.29 is 24.5 Å². The lowest BCUT2D eigenvalue weighted by Gasteiger charge is -2.25. The number of aliphatic carboxylic acids is 1. The van der Waals surface area contributed by atoms with Gasteiger partial charge < -0.3 is 20.3 Å². The predicted molar refractivity (Wildman–Crippen MR) is 99.9 cm³/mol. The minimum absolute atomic E-state index is 0.0873. The fraction of sp³-hybridized carbons (Fsp3) is 0.500. The Morgan fingerprint density at radius 2 is 1.88 bits per heavy atom. The molecule has 1 amide bonds. The van der Waals surface area contributed by atoms with Crippen LogP contribution in [0.1, 0.15) is 45.6 Å². The molecule has 0 saturated carbocycles. The van der Waals surface area contributed by atoms with Crippen molar-refractivity contribution in [3.05, 3.63) is 48.0 Å². The number of carboxylic acid groups (broad SMARTS) is 1. The van der Waals surface area contributed by atoms with E-state index in [0.717, 1.165) is 5.56 Å². The van der Waals surface area contributed by atoms with Crippen LogP contribution in [-0.4, -0.2) is 40.0 Å². The second-order valence-electron chi connectivity index (χ2n) is 7.15. The van der Waals surface area contributed by atoms with Crippen molar-refractivity contribution in [3.8, 4) is 0 Å². The molecule has 0 unspecified atom stereocenters. The minimum atomic E-state index is -0.910. The predicted octanol–water partition coefficient (Wildman–Crippen LogP) is 3.29. The third-order valence-corrected chi connectivity index (χ3v) is 3.51. The fourth-order valence-corrected chi connectivity index (χ4v) is 2.33. The van der Waals surface area contributed by atoms with Crippen molar-refractivity contribution in [2.45, 2.75) is 64.2 Å². The number of carboxylic acids is 1. The van der Waals surface area contributed by atoms with Gasteiger partial charge >= 0.3 is 12.1 Å². The Bertz CT molecular complexity index is 592. The lowest BCUT2D eigenvalue weighted by Crippen LogP contribution is -2.46. The molecule has 0 aliphatic heterocycles. The summed E-state index contributed by atoms with van der Waals surface area (Å²) in [5, 5.41) is 21.8. The highest BCUT2D eigenvalue weighted by Gasteiger charge is 2.23. The number of aliphatic hydroxyl groups excluding tert-OH is 1. The first kappa shape index (κ1) is 21.7. The minimum Gasteiger partial charge on any atom is -0.481 e. The Morgan fingerprint density at radius 1 is 1.23 bits per heavy atom. The highest BCUT2D eigenvalue weighted by atomic mass is 16.6. The third kappa shape index (κ3) is 9.84. The van der Waals surface area contributed by atoms with Crippen molar-refractivity contribution in [2.75, 3.05) is 0 Å². The van der Waals surface area contributed by atoms with E-state index < -0.39 is 29.8 Å². The van der Waals surface area contributed by atoms with Crippen LogP contribution in [0.25, 0.3) is 0 Å². The number of rotatable bonds is 9. The van der Waals surface area contributed by atoms with Crippen LogP contribution >= 0.6 is 0 Å². The lowest BCUT2D eigenvalue weighted by atomic mass is 10.0. The van der Waals surface area contributed by atoms with Crippen LogP contribution in [0.15, 0.2) is 42.5 Å². The van der Waals surface area contributed by atoms with E-state index >= 15 is 0 Å². The summed E-state index contributed by atoms with van der Waals surface area (Å²) < 4.78 is 5.27. The molecule has 26 heavy (non-hydrogen) atoms. The summed E-state index contributed by atoms with van der Waals surface area (Å²) in [5.74, 6) is -0.840. The van der Waals surface area contributed by atoms with Crippen LogP contribution in [0.3, 0.4) is 0 Å². The van der Waals surface area contributed by atoms with Gasteiger partial charge in [-0.15, -0.1) is 0 Å². The molecule has 3 N–H and O–H groups in total. The van der Waals surface area contributed by atoms with Crippen LogP contribution in [0, 0.1) is 0 Å². The summed E-state index contributed by atoms with van der Waals surface area (Å²) in [7, 11) is 0. The van der Waals surface area contributed by atoms with Crippen LogP contribution < -0.4 is 5.32 Å². The number of unbranched alkanes of at least 4 members (excludes halogenated alkanes) is 1. The molecular formula is C20H29NO5. The number of aliphatic hydroxyl groups is 1.